The van der Waals surface area contributed by atoms with Gasteiger partial charge in [0.2, 0.25) is 0 Å². The normalized spacial score (nSPS) is 9.43. The molecule has 0 atom stereocenters. The topological polar surface area (TPSA) is 83.8 Å². The lowest BCUT2D eigenvalue weighted by atomic mass is 10.1. The molecule has 0 saturated carbocycles. The summed E-state index contributed by atoms with van der Waals surface area (Å²) in [7, 11) is 0. The first-order valence-corrected chi connectivity index (χ1v) is 3.77. The predicted molar refractivity (Wildman–Crippen MR) is 46.2 cm³/mol. The van der Waals surface area contributed by atoms with Gasteiger partial charge in [-0.05, 0) is 17.7 Å². The van der Waals surface area contributed by atoms with E-state index in [1.807, 2.05) is 0 Å². The minimum Gasteiger partial charge on any atom is -0.478 e. The summed E-state index contributed by atoms with van der Waals surface area (Å²) < 4.78 is 4.30. The van der Waals surface area contributed by atoms with Crippen molar-refractivity contribution in [3.63, 3.8) is 0 Å². The van der Waals surface area contributed by atoms with Crippen molar-refractivity contribution in [2.45, 2.75) is 6.61 Å². The lowest BCUT2D eigenvalue weighted by molar-refractivity contribution is 0.0695. The Kier molecular flexibility index (Phi) is 3.06. The Labute approximate surface area is 79.6 Å². The maximum absolute atomic E-state index is 10.5. The van der Waals surface area contributed by atoms with E-state index in [0.29, 0.717) is 5.56 Å². The van der Waals surface area contributed by atoms with Crippen LogP contribution >= 0.6 is 0 Å². The number of carboxylic acids is 1. The lowest BCUT2D eigenvalue weighted by Gasteiger charge is -2.00. The molecule has 74 valence electrons. The molecule has 1 rings (SSSR count). The average Bonchev–Trinajstić information content (AvgIpc) is 2.15. The third-order valence-corrected chi connectivity index (χ3v) is 1.56. The van der Waals surface area contributed by atoms with Crippen LogP contribution < -0.4 is 0 Å². The van der Waals surface area contributed by atoms with Crippen LogP contribution in [0.3, 0.4) is 0 Å². The van der Waals surface area contributed by atoms with E-state index in [1.54, 1.807) is 0 Å². The zero-order chi connectivity index (χ0) is 10.6. The van der Waals surface area contributed by atoms with E-state index in [2.05, 4.69) is 4.74 Å². The monoisotopic (exact) mass is 196 g/mol. The van der Waals surface area contributed by atoms with Crippen LogP contribution in [0.25, 0.3) is 0 Å². The molecular weight excluding hydrogens is 188 g/mol. The minimum atomic E-state index is -1.35. The molecule has 0 bridgehead atoms. The maximum Gasteiger partial charge on any atom is 0.506 e. The summed E-state index contributed by atoms with van der Waals surface area (Å²) in [6.45, 7) is -0.0742. The van der Waals surface area contributed by atoms with E-state index < -0.39 is 12.1 Å². The third-order valence-electron chi connectivity index (χ3n) is 1.56. The van der Waals surface area contributed by atoms with Crippen LogP contribution in [0.4, 0.5) is 4.79 Å². The molecule has 0 aliphatic rings. The molecule has 1 aromatic rings. The molecule has 0 aliphatic heterocycles. The Bertz CT molecular complexity index is 341. The summed E-state index contributed by atoms with van der Waals surface area (Å²) in [4.78, 5) is 20.5. The predicted octanol–water partition coefficient (Wildman–Crippen LogP) is 1.58. The van der Waals surface area contributed by atoms with Gasteiger partial charge in [0.1, 0.15) is 6.61 Å². The van der Waals surface area contributed by atoms with Gasteiger partial charge in [0.15, 0.2) is 0 Å². The Morgan fingerprint density at radius 2 is 1.71 bits per heavy atom. The molecule has 0 aromatic heterocycles. The van der Waals surface area contributed by atoms with Gasteiger partial charge in [-0.25, -0.2) is 9.59 Å². The minimum absolute atomic E-state index is 0.0742. The number of rotatable bonds is 3. The standard InChI is InChI=1S/C9H8O5/c10-8(11)7-3-1-6(2-4-7)5-14-9(12)13/h1-4H,5H2,(H,10,11)(H,12,13). The summed E-state index contributed by atoms with van der Waals surface area (Å²) in [6.07, 6.45) is -1.35. The summed E-state index contributed by atoms with van der Waals surface area (Å²) in [5, 5.41) is 16.8. The third kappa shape index (κ3) is 2.78. The maximum atomic E-state index is 10.5. The number of benzene rings is 1. The summed E-state index contributed by atoms with van der Waals surface area (Å²) in [5.74, 6) is -1.02. The fourth-order valence-corrected chi connectivity index (χ4v) is 0.889. The molecule has 14 heavy (non-hydrogen) atoms. The molecule has 1 aromatic carbocycles. The van der Waals surface area contributed by atoms with Crippen LogP contribution in [0.2, 0.25) is 0 Å². The van der Waals surface area contributed by atoms with Gasteiger partial charge in [-0.3, -0.25) is 0 Å². The number of ether oxygens (including phenoxy) is 1. The van der Waals surface area contributed by atoms with Crippen LogP contribution in [-0.2, 0) is 11.3 Å². The Hall–Kier alpha value is -2.04. The van der Waals surface area contributed by atoms with Gasteiger partial charge in [-0.1, -0.05) is 12.1 Å². The van der Waals surface area contributed by atoms with E-state index >= 15 is 0 Å². The molecule has 5 heteroatoms. The van der Waals surface area contributed by atoms with Crippen LogP contribution in [0.15, 0.2) is 24.3 Å². The fraction of sp³-hybridized carbons (Fsp3) is 0.111. The first-order valence-electron chi connectivity index (χ1n) is 3.77. The highest BCUT2D eigenvalue weighted by atomic mass is 16.7. The number of hydrogen-bond acceptors (Lipinski definition) is 3. The highest BCUT2D eigenvalue weighted by Crippen LogP contribution is 2.05. The van der Waals surface area contributed by atoms with Gasteiger partial charge in [-0.15, -0.1) is 0 Å². The van der Waals surface area contributed by atoms with Crippen molar-refractivity contribution in [3.05, 3.63) is 35.4 Å². The zero-order valence-electron chi connectivity index (χ0n) is 7.14. The number of hydrogen-bond donors (Lipinski definition) is 2. The molecule has 0 aliphatic carbocycles. The van der Waals surface area contributed by atoms with Gasteiger partial charge in [-0.2, -0.15) is 0 Å². The molecule has 0 heterocycles. The molecule has 0 unspecified atom stereocenters. The quantitative estimate of drug-likeness (QED) is 0.717. The van der Waals surface area contributed by atoms with Crippen molar-refractivity contribution in [2.75, 3.05) is 0 Å². The van der Waals surface area contributed by atoms with Gasteiger partial charge >= 0.3 is 12.1 Å². The van der Waals surface area contributed by atoms with E-state index in [1.165, 1.54) is 24.3 Å². The number of carbonyl (C=O) groups is 2. The van der Waals surface area contributed by atoms with Gasteiger partial charge < -0.3 is 14.9 Å². The molecule has 2 N–H and O–H groups in total. The molecular formula is C9H8O5. The highest BCUT2D eigenvalue weighted by molar-refractivity contribution is 5.87. The average molecular weight is 196 g/mol. The molecule has 0 fully saturated rings. The SMILES string of the molecule is O=C(O)OCc1ccc(C(=O)O)cc1. The Morgan fingerprint density at radius 3 is 2.14 bits per heavy atom. The molecule has 0 radical (unpaired) electrons. The van der Waals surface area contributed by atoms with E-state index in [9.17, 15) is 9.59 Å². The molecule has 0 spiro atoms. The fourth-order valence-electron chi connectivity index (χ4n) is 0.889. The molecule has 5 nitrogen and oxygen atoms in total. The highest BCUT2D eigenvalue weighted by Gasteiger charge is 2.02. The first kappa shape index (κ1) is 10.0. The molecule has 0 saturated heterocycles. The van der Waals surface area contributed by atoms with E-state index in [-0.39, 0.29) is 12.2 Å². The van der Waals surface area contributed by atoms with Crippen molar-refractivity contribution in [2.24, 2.45) is 0 Å². The second-order valence-corrected chi connectivity index (χ2v) is 2.56. The second kappa shape index (κ2) is 4.27. The lowest BCUT2D eigenvalue weighted by Crippen LogP contribution is -2.01. The van der Waals surface area contributed by atoms with E-state index in [4.69, 9.17) is 10.2 Å². The summed E-state index contributed by atoms with van der Waals surface area (Å²) >= 11 is 0. The van der Waals surface area contributed by atoms with Crippen molar-refractivity contribution in [1.29, 1.82) is 0 Å². The van der Waals surface area contributed by atoms with Crippen LogP contribution in [0.5, 0.6) is 0 Å². The smallest absolute Gasteiger partial charge is 0.478 e. The van der Waals surface area contributed by atoms with Crippen molar-refractivity contribution in [1.82, 2.24) is 0 Å². The Morgan fingerprint density at radius 1 is 1.14 bits per heavy atom. The summed E-state index contributed by atoms with van der Waals surface area (Å²) in [5.41, 5.74) is 0.765. The van der Waals surface area contributed by atoms with Crippen LogP contribution in [-0.4, -0.2) is 22.3 Å². The van der Waals surface area contributed by atoms with Crippen molar-refractivity contribution >= 4 is 12.1 Å². The van der Waals surface area contributed by atoms with Crippen LogP contribution in [0.1, 0.15) is 15.9 Å². The number of carboxylic acid groups (broad SMARTS) is 2. The first-order chi connectivity index (χ1) is 6.59. The summed E-state index contributed by atoms with van der Waals surface area (Å²) in [6, 6.07) is 5.80. The zero-order valence-corrected chi connectivity index (χ0v) is 7.14. The number of aromatic carboxylic acids is 1. The molecule has 0 amide bonds. The van der Waals surface area contributed by atoms with Crippen molar-refractivity contribution in [3.8, 4) is 0 Å². The van der Waals surface area contributed by atoms with Crippen molar-refractivity contribution < 1.29 is 24.5 Å². The largest absolute Gasteiger partial charge is 0.506 e. The van der Waals surface area contributed by atoms with Crippen LogP contribution in [0, 0.1) is 0 Å². The van der Waals surface area contributed by atoms with Gasteiger partial charge in [0.05, 0.1) is 5.56 Å². The van der Waals surface area contributed by atoms with Gasteiger partial charge in [0.25, 0.3) is 0 Å². The van der Waals surface area contributed by atoms with Gasteiger partial charge in [0, 0.05) is 0 Å². The second-order valence-electron chi connectivity index (χ2n) is 2.56. The Balaban J connectivity index is 2.64. The van der Waals surface area contributed by atoms with E-state index in [0.717, 1.165) is 0 Å².